The number of amides is 1. The highest BCUT2D eigenvalue weighted by molar-refractivity contribution is 6.30. The summed E-state index contributed by atoms with van der Waals surface area (Å²) in [6, 6.07) is 14.1. The van der Waals surface area contributed by atoms with Gasteiger partial charge in [-0.25, -0.2) is 0 Å². The average molecular weight is 324 g/mol. The minimum absolute atomic E-state index is 0.0491. The van der Waals surface area contributed by atoms with Crippen LogP contribution < -0.4 is 10.1 Å². The first-order chi connectivity index (χ1) is 10.0. The van der Waals surface area contributed by atoms with Gasteiger partial charge in [0, 0.05) is 10.0 Å². The molecule has 0 aliphatic carbocycles. The predicted molar refractivity (Wildman–Crippen MR) is 85.0 cm³/mol. The van der Waals surface area contributed by atoms with E-state index in [0.717, 1.165) is 5.56 Å². The quantitative estimate of drug-likeness (QED) is 0.893. The maximum atomic E-state index is 11.9. The highest BCUT2D eigenvalue weighted by Crippen LogP contribution is 2.18. The monoisotopic (exact) mass is 323 g/mol. The van der Waals surface area contributed by atoms with Crippen LogP contribution in [-0.2, 0) is 4.79 Å². The standard InChI is InChI=1S/C16H15Cl2NO2/c1-11(12-3-2-4-14(18)9-12)19-16(20)10-21-15-7-5-13(17)6-8-15/h2-9,11H,10H2,1H3,(H,19,20)/t11-/m1/s1. The molecule has 21 heavy (non-hydrogen) atoms. The van der Waals surface area contributed by atoms with E-state index in [1.165, 1.54) is 0 Å². The number of hydrogen-bond donors (Lipinski definition) is 1. The summed E-state index contributed by atoms with van der Waals surface area (Å²) in [6.45, 7) is 1.85. The van der Waals surface area contributed by atoms with E-state index >= 15 is 0 Å². The van der Waals surface area contributed by atoms with Gasteiger partial charge in [0.15, 0.2) is 6.61 Å². The fraction of sp³-hybridized carbons (Fsp3) is 0.188. The molecule has 0 radical (unpaired) electrons. The first-order valence-electron chi connectivity index (χ1n) is 6.48. The molecule has 0 fully saturated rings. The largest absolute Gasteiger partial charge is 0.484 e. The summed E-state index contributed by atoms with van der Waals surface area (Å²) < 4.78 is 5.39. The maximum Gasteiger partial charge on any atom is 0.258 e. The zero-order valence-electron chi connectivity index (χ0n) is 11.5. The SMILES string of the molecule is C[C@@H](NC(=O)COc1ccc(Cl)cc1)c1cccc(Cl)c1. The number of carbonyl (C=O) groups excluding carboxylic acids is 1. The number of halogens is 2. The Morgan fingerprint density at radius 3 is 2.52 bits per heavy atom. The van der Waals surface area contributed by atoms with Crippen LogP contribution in [0.4, 0.5) is 0 Å². The summed E-state index contributed by atoms with van der Waals surface area (Å²) in [7, 11) is 0. The van der Waals surface area contributed by atoms with E-state index in [-0.39, 0.29) is 18.6 Å². The van der Waals surface area contributed by atoms with Crippen LogP contribution >= 0.6 is 23.2 Å². The molecule has 0 saturated carbocycles. The smallest absolute Gasteiger partial charge is 0.258 e. The van der Waals surface area contributed by atoms with Gasteiger partial charge < -0.3 is 10.1 Å². The van der Waals surface area contributed by atoms with Crippen molar-refractivity contribution < 1.29 is 9.53 Å². The fourth-order valence-corrected chi connectivity index (χ4v) is 2.15. The number of carbonyl (C=O) groups is 1. The topological polar surface area (TPSA) is 38.3 Å². The summed E-state index contributed by atoms with van der Waals surface area (Å²) in [4.78, 5) is 11.9. The minimum Gasteiger partial charge on any atom is -0.484 e. The van der Waals surface area contributed by atoms with Crippen molar-refractivity contribution in [3.63, 3.8) is 0 Å². The Morgan fingerprint density at radius 2 is 1.86 bits per heavy atom. The Kier molecular flexibility index (Phi) is 5.48. The van der Waals surface area contributed by atoms with Crippen molar-refractivity contribution in [2.24, 2.45) is 0 Å². The summed E-state index contributed by atoms with van der Waals surface area (Å²) >= 11 is 11.7. The van der Waals surface area contributed by atoms with Crippen LogP contribution in [0.5, 0.6) is 5.75 Å². The summed E-state index contributed by atoms with van der Waals surface area (Å²) in [5.74, 6) is 0.405. The highest BCUT2D eigenvalue weighted by Gasteiger charge is 2.10. The molecule has 0 heterocycles. The fourth-order valence-electron chi connectivity index (χ4n) is 1.82. The Hall–Kier alpha value is -1.71. The van der Waals surface area contributed by atoms with Crippen LogP contribution in [0.25, 0.3) is 0 Å². The van der Waals surface area contributed by atoms with Crippen molar-refractivity contribution in [2.45, 2.75) is 13.0 Å². The van der Waals surface area contributed by atoms with Crippen LogP contribution in [0.3, 0.4) is 0 Å². The van der Waals surface area contributed by atoms with E-state index < -0.39 is 0 Å². The van der Waals surface area contributed by atoms with Gasteiger partial charge in [-0.1, -0.05) is 35.3 Å². The van der Waals surface area contributed by atoms with Gasteiger partial charge in [0.05, 0.1) is 6.04 Å². The third-order valence-corrected chi connectivity index (χ3v) is 3.40. The molecule has 0 aliphatic heterocycles. The van der Waals surface area contributed by atoms with Gasteiger partial charge in [-0.15, -0.1) is 0 Å². The van der Waals surface area contributed by atoms with E-state index in [0.29, 0.717) is 15.8 Å². The van der Waals surface area contributed by atoms with Gasteiger partial charge in [-0.2, -0.15) is 0 Å². The van der Waals surface area contributed by atoms with E-state index in [1.54, 1.807) is 30.3 Å². The van der Waals surface area contributed by atoms with Gasteiger partial charge in [0.1, 0.15) is 5.75 Å². The first kappa shape index (κ1) is 15.7. The second kappa shape index (κ2) is 7.34. The van der Waals surface area contributed by atoms with Crippen molar-refractivity contribution >= 4 is 29.1 Å². The van der Waals surface area contributed by atoms with E-state index in [2.05, 4.69) is 5.32 Å². The number of hydrogen-bond acceptors (Lipinski definition) is 2. The number of benzene rings is 2. The van der Waals surface area contributed by atoms with Crippen molar-refractivity contribution in [3.8, 4) is 5.75 Å². The lowest BCUT2D eigenvalue weighted by atomic mass is 10.1. The lowest BCUT2D eigenvalue weighted by Gasteiger charge is -2.15. The van der Waals surface area contributed by atoms with Gasteiger partial charge >= 0.3 is 0 Å². The van der Waals surface area contributed by atoms with E-state index in [1.807, 2.05) is 25.1 Å². The van der Waals surface area contributed by atoms with Gasteiger partial charge in [-0.3, -0.25) is 4.79 Å². The van der Waals surface area contributed by atoms with Crippen LogP contribution in [-0.4, -0.2) is 12.5 Å². The first-order valence-corrected chi connectivity index (χ1v) is 7.23. The normalized spacial score (nSPS) is 11.8. The van der Waals surface area contributed by atoms with Crippen molar-refractivity contribution in [1.82, 2.24) is 5.32 Å². The molecule has 110 valence electrons. The molecule has 2 aromatic carbocycles. The van der Waals surface area contributed by atoms with Gasteiger partial charge in [0.25, 0.3) is 5.91 Å². The molecule has 2 aromatic rings. The molecule has 3 nitrogen and oxygen atoms in total. The molecule has 1 atom stereocenters. The van der Waals surface area contributed by atoms with Crippen LogP contribution in [0.2, 0.25) is 10.0 Å². The Bertz CT molecular complexity index is 614. The molecule has 0 aliphatic rings. The zero-order chi connectivity index (χ0) is 15.2. The molecule has 5 heteroatoms. The molecule has 0 aromatic heterocycles. The second-order valence-corrected chi connectivity index (χ2v) is 5.46. The predicted octanol–water partition coefficient (Wildman–Crippen LogP) is 4.25. The van der Waals surface area contributed by atoms with Crippen molar-refractivity contribution in [2.75, 3.05) is 6.61 Å². The summed E-state index contributed by atoms with van der Waals surface area (Å²) in [5, 5.41) is 4.13. The molecule has 1 N–H and O–H groups in total. The van der Waals surface area contributed by atoms with Gasteiger partial charge in [-0.05, 0) is 48.9 Å². The molecule has 0 bridgehead atoms. The lowest BCUT2D eigenvalue weighted by molar-refractivity contribution is -0.123. The minimum atomic E-state index is -0.197. The third kappa shape index (κ3) is 4.96. The third-order valence-electron chi connectivity index (χ3n) is 2.91. The second-order valence-electron chi connectivity index (χ2n) is 4.59. The van der Waals surface area contributed by atoms with Crippen LogP contribution in [0.15, 0.2) is 48.5 Å². The zero-order valence-corrected chi connectivity index (χ0v) is 13.0. The Balaban J connectivity index is 1.85. The molecule has 0 unspecified atom stereocenters. The molecule has 2 rings (SSSR count). The average Bonchev–Trinajstić information content (AvgIpc) is 2.46. The Morgan fingerprint density at radius 1 is 1.14 bits per heavy atom. The van der Waals surface area contributed by atoms with Crippen molar-refractivity contribution in [3.05, 3.63) is 64.1 Å². The maximum absolute atomic E-state index is 11.9. The van der Waals surface area contributed by atoms with Crippen molar-refractivity contribution in [1.29, 1.82) is 0 Å². The molecule has 0 saturated heterocycles. The summed E-state index contributed by atoms with van der Waals surface area (Å²) in [5.41, 5.74) is 0.947. The molecular formula is C16H15Cl2NO2. The van der Waals surface area contributed by atoms with Crippen LogP contribution in [0, 0.1) is 0 Å². The Labute approximate surface area is 133 Å². The van der Waals surface area contributed by atoms with E-state index in [9.17, 15) is 4.79 Å². The molecule has 1 amide bonds. The highest BCUT2D eigenvalue weighted by atomic mass is 35.5. The molecule has 0 spiro atoms. The summed E-state index contributed by atoms with van der Waals surface area (Å²) in [6.07, 6.45) is 0. The van der Waals surface area contributed by atoms with Crippen LogP contribution in [0.1, 0.15) is 18.5 Å². The number of ether oxygens (including phenoxy) is 1. The number of nitrogens with one attached hydrogen (secondary N) is 1. The number of rotatable bonds is 5. The van der Waals surface area contributed by atoms with E-state index in [4.69, 9.17) is 27.9 Å². The molecular weight excluding hydrogens is 309 g/mol. The lowest BCUT2D eigenvalue weighted by Crippen LogP contribution is -2.31. The van der Waals surface area contributed by atoms with Gasteiger partial charge in [0.2, 0.25) is 0 Å².